The molecular weight excluding hydrogens is 729 g/mol. The van der Waals surface area contributed by atoms with Gasteiger partial charge in [0.05, 0.1) is 17.9 Å². The largest absolute Gasteiger partial charge is 0.478 e. The van der Waals surface area contributed by atoms with E-state index in [0.717, 1.165) is 16.7 Å². The average Bonchev–Trinajstić information content (AvgIpc) is 4.05. The van der Waals surface area contributed by atoms with Crippen LogP contribution in [0.3, 0.4) is 0 Å². The summed E-state index contributed by atoms with van der Waals surface area (Å²) in [5.74, 6) is 0.484. The summed E-state index contributed by atoms with van der Waals surface area (Å²) < 4.78 is 1.80. The number of nitrogens with one attached hydrogen (secondary N) is 3. The quantitative estimate of drug-likeness (QED) is 0.0994. The minimum Gasteiger partial charge on any atom is -0.478 e. The Bertz CT molecular complexity index is 2280. The highest BCUT2D eigenvalue weighted by Gasteiger charge is 2.45. The molecule has 5 atom stereocenters. The standard InChI is InChI=1S/C40H44N12O5/c1-2-32-47-49-52(48-32)31-19-30(34(53)35(31)54)51-23-43-33-36(41-21-29(25-9-5-3-6-10-25)26-11-7-4-8-12-26)45-39(46-37(33)51)50-18-17-28(22-50)44-40(57)42-20-24-13-15-27(16-14-24)38(55)56/h3-16,23,28-31,34-35,53-54H,2,17-22H2,1H3,(H,55,56)(H,41,45,46)(H2,42,44,57)/t28?,30-,31+,34+,35-/m1/s1. The molecule has 3 aromatic heterocycles. The number of nitrogens with zero attached hydrogens (tertiary/aromatic N) is 9. The van der Waals surface area contributed by atoms with Gasteiger partial charge in [0.15, 0.2) is 22.8 Å². The van der Waals surface area contributed by atoms with Gasteiger partial charge in [-0.3, -0.25) is 0 Å². The summed E-state index contributed by atoms with van der Waals surface area (Å²) in [4.78, 5) is 42.3. The number of aromatic nitrogens is 8. The first-order valence-corrected chi connectivity index (χ1v) is 19.1. The van der Waals surface area contributed by atoms with Crippen LogP contribution >= 0.6 is 0 Å². The number of carboxylic acid groups (broad SMARTS) is 1. The van der Waals surface area contributed by atoms with Crippen LogP contribution in [0.2, 0.25) is 0 Å². The first-order chi connectivity index (χ1) is 27.7. The Hall–Kier alpha value is -6.46. The summed E-state index contributed by atoms with van der Waals surface area (Å²) in [6.45, 7) is 3.68. The number of anilines is 2. The van der Waals surface area contributed by atoms with E-state index in [9.17, 15) is 19.8 Å². The molecule has 6 aromatic rings. The van der Waals surface area contributed by atoms with Crippen molar-refractivity contribution in [2.24, 2.45) is 0 Å². The Balaban J connectivity index is 1.05. The number of carboxylic acids is 1. The molecule has 2 aliphatic rings. The number of aliphatic hydroxyl groups excluding tert-OH is 2. The molecule has 2 fully saturated rings. The number of carbonyl (C=O) groups excluding carboxylic acids is 1. The number of hydrogen-bond acceptors (Lipinski definition) is 12. The van der Waals surface area contributed by atoms with Crippen molar-refractivity contribution in [2.75, 3.05) is 29.9 Å². The highest BCUT2D eigenvalue weighted by molar-refractivity contribution is 5.87. The number of aromatic carboxylic acids is 1. The second kappa shape index (κ2) is 16.3. The summed E-state index contributed by atoms with van der Waals surface area (Å²) in [7, 11) is 0. The zero-order chi connectivity index (χ0) is 39.5. The lowest BCUT2D eigenvalue weighted by Crippen LogP contribution is -2.43. The number of fused-ring (bicyclic) bond motifs is 1. The third-order valence-corrected chi connectivity index (χ3v) is 10.8. The molecule has 1 saturated carbocycles. The van der Waals surface area contributed by atoms with E-state index < -0.39 is 30.3 Å². The molecule has 1 aliphatic carbocycles. The van der Waals surface area contributed by atoms with Crippen molar-refractivity contribution in [3.63, 3.8) is 0 Å². The van der Waals surface area contributed by atoms with Gasteiger partial charge in [-0.1, -0.05) is 79.7 Å². The number of amides is 2. The number of imidazole rings is 1. The van der Waals surface area contributed by atoms with Crippen LogP contribution in [0.25, 0.3) is 11.2 Å². The molecule has 17 heteroatoms. The monoisotopic (exact) mass is 772 g/mol. The Morgan fingerprint density at radius 2 is 1.61 bits per heavy atom. The van der Waals surface area contributed by atoms with Crippen molar-refractivity contribution in [1.29, 1.82) is 0 Å². The molecule has 4 heterocycles. The Morgan fingerprint density at radius 1 is 0.912 bits per heavy atom. The van der Waals surface area contributed by atoms with Crippen LogP contribution in [0.5, 0.6) is 0 Å². The number of rotatable bonds is 13. The molecule has 0 spiro atoms. The molecule has 0 radical (unpaired) electrons. The smallest absolute Gasteiger partial charge is 0.335 e. The van der Waals surface area contributed by atoms with Gasteiger partial charge in [0.2, 0.25) is 5.95 Å². The lowest BCUT2D eigenvalue weighted by atomic mass is 9.91. The Kier molecular flexibility index (Phi) is 10.7. The average molecular weight is 773 g/mol. The lowest BCUT2D eigenvalue weighted by Gasteiger charge is -2.22. The molecule has 2 amide bonds. The van der Waals surface area contributed by atoms with Gasteiger partial charge in [0, 0.05) is 44.6 Å². The van der Waals surface area contributed by atoms with E-state index in [1.54, 1.807) is 23.0 Å². The highest BCUT2D eigenvalue weighted by Crippen LogP contribution is 2.40. The van der Waals surface area contributed by atoms with E-state index in [1.807, 2.05) is 48.2 Å². The van der Waals surface area contributed by atoms with Crippen LogP contribution in [0.1, 0.15) is 70.6 Å². The zero-order valence-corrected chi connectivity index (χ0v) is 31.3. The topological polar surface area (TPSA) is 221 Å². The summed E-state index contributed by atoms with van der Waals surface area (Å²) in [5, 5.41) is 53.9. The van der Waals surface area contributed by atoms with Crippen molar-refractivity contribution in [2.45, 2.75) is 69.0 Å². The number of benzene rings is 3. The van der Waals surface area contributed by atoms with E-state index >= 15 is 0 Å². The van der Waals surface area contributed by atoms with E-state index in [1.165, 1.54) is 16.9 Å². The van der Waals surface area contributed by atoms with Gasteiger partial charge in [0.1, 0.15) is 18.2 Å². The van der Waals surface area contributed by atoms with E-state index in [-0.39, 0.29) is 30.1 Å². The molecule has 294 valence electrons. The molecule has 17 nitrogen and oxygen atoms in total. The Labute approximate surface area is 327 Å². The van der Waals surface area contributed by atoms with Crippen LogP contribution in [0, 0.1) is 0 Å². The molecule has 6 N–H and O–H groups in total. The number of urea groups is 1. The van der Waals surface area contributed by atoms with Crippen LogP contribution < -0.4 is 20.9 Å². The van der Waals surface area contributed by atoms with E-state index in [2.05, 4.69) is 55.6 Å². The van der Waals surface area contributed by atoms with Crippen LogP contribution in [0.4, 0.5) is 16.6 Å². The first kappa shape index (κ1) is 37.5. The predicted octanol–water partition coefficient (Wildman–Crippen LogP) is 3.30. The van der Waals surface area contributed by atoms with Gasteiger partial charge in [-0.05, 0) is 46.9 Å². The zero-order valence-electron chi connectivity index (χ0n) is 31.3. The number of hydrogen-bond donors (Lipinski definition) is 6. The van der Waals surface area contributed by atoms with Crippen molar-refractivity contribution in [3.05, 3.63) is 119 Å². The van der Waals surface area contributed by atoms with Crippen LogP contribution in [-0.2, 0) is 13.0 Å². The number of aliphatic hydroxyl groups is 2. The maximum absolute atomic E-state index is 12.9. The van der Waals surface area contributed by atoms with Gasteiger partial charge in [-0.15, -0.1) is 10.2 Å². The van der Waals surface area contributed by atoms with Crippen molar-refractivity contribution in [3.8, 4) is 0 Å². The second-order valence-electron chi connectivity index (χ2n) is 14.4. The summed E-state index contributed by atoms with van der Waals surface area (Å²) in [6, 6.07) is 25.1. The maximum atomic E-state index is 12.9. The SMILES string of the molecule is CCc1nnn([C@H]2C[C@@H](n3cnc4c(NCC(c5ccccc5)c5ccccc5)nc(N5CCC(NC(=O)NCc6ccc(C(=O)O)cc6)C5)nc43)[C@H](O)[C@@H]2O)n1. The van der Waals surface area contributed by atoms with E-state index in [0.29, 0.717) is 67.7 Å². The van der Waals surface area contributed by atoms with Gasteiger partial charge in [0.25, 0.3) is 0 Å². The molecule has 1 unspecified atom stereocenters. The number of carbonyl (C=O) groups is 2. The fourth-order valence-corrected chi connectivity index (χ4v) is 7.68. The molecular formula is C40H44N12O5. The van der Waals surface area contributed by atoms with Gasteiger partial charge >= 0.3 is 12.0 Å². The fourth-order valence-electron chi connectivity index (χ4n) is 7.68. The lowest BCUT2D eigenvalue weighted by molar-refractivity contribution is 0.00473. The third kappa shape index (κ3) is 7.97. The summed E-state index contributed by atoms with van der Waals surface area (Å²) in [5.41, 5.74) is 4.23. The summed E-state index contributed by atoms with van der Waals surface area (Å²) >= 11 is 0. The van der Waals surface area contributed by atoms with Crippen LogP contribution in [0.15, 0.2) is 91.3 Å². The molecule has 0 bridgehead atoms. The molecule has 57 heavy (non-hydrogen) atoms. The predicted molar refractivity (Wildman–Crippen MR) is 210 cm³/mol. The Morgan fingerprint density at radius 3 is 2.28 bits per heavy atom. The first-order valence-electron chi connectivity index (χ1n) is 19.1. The van der Waals surface area contributed by atoms with Crippen molar-refractivity contribution >= 4 is 34.9 Å². The minimum atomic E-state index is -1.16. The third-order valence-electron chi connectivity index (χ3n) is 10.8. The van der Waals surface area contributed by atoms with Gasteiger partial charge in [-0.2, -0.15) is 14.8 Å². The van der Waals surface area contributed by atoms with Gasteiger partial charge in [-0.25, -0.2) is 14.6 Å². The normalized spacial score (nSPS) is 20.6. The number of tetrazole rings is 1. The minimum absolute atomic E-state index is 0.00677. The molecule has 1 saturated heterocycles. The van der Waals surface area contributed by atoms with Crippen LogP contribution in [-0.4, -0.2) is 105 Å². The highest BCUT2D eigenvalue weighted by atomic mass is 16.4. The van der Waals surface area contributed by atoms with Crippen molar-refractivity contribution in [1.82, 2.24) is 50.4 Å². The molecule has 3 aromatic carbocycles. The molecule has 1 aliphatic heterocycles. The number of aryl methyl sites for hydroxylation is 1. The second-order valence-corrected chi connectivity index (χ2v) is 14.4. The fraction of sp³-hybridized carbons (Fsp3) is 0.350. The molecule has 8 rings (SSSR count). The summed E-state index contributed by atoms with van der Waals surface area (Å²) in [6.07, 6.45) is 0.871. The van der Waals surface area contributed by atoms with E-state index in [4.69, 9.17) is 20.1 Å². The van der Waals surface area contributed by atoms with Crippen molar-refractivity contribution < 1.29 is 24.9 Å². The maximum Gasteiger partial charge on any atom is 0.335 e. The van der Waals surface area contributed by atoms with Gasteiger partial charge < -0.3 is 40.7 Å².